The normalized spacial score (nSPS) is 10.7. The maximum absolute atomic E-state index is 12.2. The molecule has 0 aliphatic carbocycles. The fourth-order valence-corrected chi connectivity index (χ4v) is 4.84. The Kier molecular flexibility index (Phi) is 6.18. The molecule has 0 aliphatic rings. The lowest BCUT2D eigenvalue weighted by Gasteiger charge is -2.02. The molecule has 0 aromatic carbocycles. The van der Waals surface area contributed by atoms with Crippen molar-refractivity contribution in [2.24, 2.45) is 0 Å². The van der Waals surface area contributed by atoms with E-state index in [4.69, 9.17) is 0 Å². The van der Waals surface area contributed by atoms with Crippen molar-refractivity contribution in [3.05, 3.63) is 49.3 Å². The van der Waals surface area contributed by atoms with Crippen LogP contribution in [0.5, 0.6) is 0 Å². The van der Waals surface area contributed by atoms with Crippen LogP contribution < -0.4 is 10.6 Å². The summed E-state index contributed by atoms with van der Waals surface area (Å²) in [6, 6.07) is 7.85. The summed E-state index contributed by atoms with van der Waals surface area (Å²) in [6.45, 7) is 4.53. The highest BCUT2D eigenvalue weighted by Gasteiger charge is 2.10. The fraction of sp³-hybridized carbons (Fsp3) is 0.278. The van der Waals surface area contributed by atoms with Crippen LogP contribution in [0, 0.1) is 6.92 Å². The summed E-state index contributed by atoms with van der Waals surface area (Å²) in [5.74, 6) is -0.150. The smallest absolute Gasteiger partial charge is 0.261 e. The van der Waals surface area contributed by atoms with Gasteiger partial charge in [0.25, 0.3) is 5.91 Å². The Bertz CT molecular complexity index is 910. The van der Waals surface area contributed by atoms with E-state index < -0.39 is 0 Å². The second kappa shape index (κ2) is 8.57. The molecule has 26 heavy (non-hydrogen) atoms. The lowest BCUT2D eigenvalue weighted by Crippen LogP contribution is -2.24. The van der Waals surface area contributed by atoms with E-state index in [1.54, 1.807) is 28.7 Å². The highest BCUT2D eigenvalue weighted by molar-refractivity contribution is 7.16. The Labute approximate surface area is 164 Å². The van der Waals surface area contributed by atoms with Gasteiger partial charge in [-0.3, -0.25) is 9.59 Å². The van der Waals surface area contributed by atoms with Crippen molar-refractivity contribution in [1.29, 1.82) is 0 Å². The van der Waals surface area contributed by atoms with Crippen molar-refractivity contribution in [2.75, 3.05) is 6.54 Å². The molecule has 0 atom stereocenters. The van der Waals surface area contributed by atoms with Crippen LogP contribution in [0.3, 0.4) is 0 Å². The van der Waals surface area contributed by atoms with E-state index in [0.29, 0.717) is 18.0 Å². The molecule has 2 N–H and O–H groups in total. The minimum atomic E-state index is -0.0764. The molecule has 0 bridgehead atoms. The first-order valence-electron chi connectivity index (χ1n) is 8.14. The highest BCUT2D eigenvalue weighted by Crippen LogP contribution is 2.29. The highest BCUT2D eigenvalue weighted by atomic mass is 32.1. The molecule has 0 saturated heterocycles. The second-order valence-electron chi connectivity index (χ2n) is 5.70. The van der Waals surface area contributed by atoms with E-state index in [1.807, 2.05) is 13.0 Å². The average Bonchev–Trinajstić information content (AvgIpc) is 3.33. The molecule has 3 aromatic heterocycles. The molecule has 0 fully saturated rings. The third-order valence-electron chi connectivity index (χ3n) is 3.59. The van der Waals surface area contributed by atoms with Gasteiger partial charge in [0.1, 0.15) is 0 Å². The van der Waals surface area contributed by atoms with Crippen molar-refractivity contribution in [3.8, 4) is 10.6 Å². The molecule has 0 spiro atoms. The number of thiazole rings is 1. The summed E-state index contributed by atoms with van der Waals surface area (Å²) >= 11 is 4.77. The lowest BCUT2D eigenvalue weighted by molar-refractivity contribution is -0.119. The van der Waals surface area contributed by atoms with Gasteiger partial charge in [0.2, 0.25) is 5.91 Å². The Balaban J connectivity index is 1.48. The number of thiophene rings is 2. The molecule has 8 heteroatoms. The van der Waals surface area contributed by atoms with Gasteiger partial charge >= 0.3 is 0 Å². The van der Waals surface area contributed by atoms with E-state index in [9.17, 15) is 9.59 Å². The van der Waals surface area contributed by atoms with Gasteiger partial charge in [0, 0.05) is 28.6 Å². The van der Waals surface area contributed by atoms with E-state index in [2.05, 4.69) is 33.1 Å². The van der Waals surface area contributed by atoms with E-state index in [-0.39, 0.29) is 11.8 Å². The monoisotopic (exact) mass is 405 g/mol. The molecular weight excluding hydrogens is 386 g/mol. The number of carbonyl (C=O) groups excluding carboxylic acids is 2. The number of rotatable bonds is 7. The first-order chi connectivity index (χ1) is 12.5. The number of aryl methyl sites for hydroxylation is 1. The van der Waals surface area contributed by atoms with Crippen LogP contribution in [0.4, 0.5) is 0 Å². The first kappa shape index (κ1) is 18.8. The van der Waals surface area contributed by atoms with Crippen LogP contribution in [0.15, 0.2) is 29.6 Å². The first-order valence-corrected chi connectivity index (χ1v) is 10.6. The fourth-order valence-electron chi connectivity index (χ4n) is 2.32. The molecule has 3 aromatic rings. The predicted octanol–water partition coefficient (Wildman–Crippen LogP) is 3.85. The molecular formula is C18H19N3O2S3. The molecule has 0 aliphatic heterocycles. The van der Waals surface area contributed by atoms with E-state index in [0.717, 1.165) is 26.9 Å². The Morgan fingerprint density at radius 2 is 1.88 bits per heavy atom. The Morgan fingerprint density at radius 1 is 1.08 bits per heavy atom. The standard InChI is InChI=1S/C18H19N3O2S3/c1-11(22)20-9-14-4-6-17(26-14)18(23)19-8-7-13-3-5-16(25-13)15-10-24-12(2)21-15/h3-6,10H,7-9H2,1-2H3,(H,19,23)(H,20,22). The van der Waals surface area contributed by atoms with Gasteiger partial charge < -0.3 is 10.6 Å². The summed E-state index contributed by atoms with van der Waals surface area (Å²) in [6.07, 6.45) is 0.795. The van der Waals surface area contributed by atoms with Gasteiger partial charge in [-0.2, -0.15) is 0 Å². The number of carbonyl (C=O) groups is 2. The van der Waals surface area contributed by atoms with Gasteiger partial charge in [0.15, 0.2) is 0 Å². The van der Waals surface area contributed by atoms with Gasteiger partial charge in [0.05, 0.1) is 27.0 Å². The van der Waals surface area contributed by atoms with Crippen LogP contribution in [0.2, 0.25) is 0 Å². The topological polar surface area (TPSA) is 71.1 Å². The van der Waals surface area contributed by atoms with E-state index in [1.165, 1.54) is 23.1 Å². The molecule has 5 nitrogen and oxygen atoms in total. The van der Waals surface area contributed by atoms with Crippen molar-refractivity contribution < 1.29 is 9.59 Å². The summed E-state index contributed by atoms with van der Waals surface area (Å²) in [5.41, 5.74) is 1.03. The maximum Gasteiger partial charge on any atom is 0.261 e. The van der Waals surface area contributed by atoms with Crippen molar-refractivity contribution in [2.45, 2.75) is 26.8 Å². The van der Waals surface area contributed by atoms with Crippen LogP contribution in [0.1, 0.15) is 31.4 Å². The molecule has 0 unspecified atom stereocenters. The average molecular weight is 406 g/mol. The van der Waals surface area contributed by atoms with Gasteiger partial charge in [-0.15, -0.1) is 34.0 Å². The van der Waals surface area contributed by atoms with Crippen LogP contribution in [0.25, 0.3) is 10.6 Å². The Hall–Kier alpha value is -2.03. The third-order valence-corrected chi connectivity index (χ3v) is 6.61. The number of nitrogens with one attached hydrogen (secondary N) is 2. The molecule has 3 heterocycles. The van der Waals surface area contributed by atoms with Crippen molar-refractivity contribution in [3.63, 3.8) is 0 Å². The van der Waals surface area contributed by atoms with Crippen molar-refractivity contribution >= 4 is 45.8 Å². The lowest BCUT2D eigenvalue weighted by atomic mass is 10.3. The number of hydrogen-bond acceptors (Lipinski definition) is 6. The summed E-state index contributed by atoms with van der Waals surface area (Å²) in [4.78, 5) is 31.7. The number of hydrogen-bond donors (Lipinski definition) is 2. The predicted molar refractivity (Wildman–Crippen MR) is 108 cm³/mol. The zero-order chi connectivity index (χ0) is 18.5. The van der Waals surface area contributed by atoms with Crippen molar-refractivity contribution in [1.82, 2.24) is 15.6 Å². The number of nitrogens with zero attached hydrogens (tertiary/aromatic N) is 1. The van der Waals surface area contributed by atoms with Crippen LogP contribution >= 0.6 is 34.0 Å². The summed E-state index contributed by atoms with van der Waals surface area (Å²) in [5, 5.41) is 8.83. The second-order valence-corrected chi connectivity index (χ2v) is 9.10. The Morgan fingerprint density at radius 3 is 2.62 bits per heavy atom. The number of amides is 2. The molecule has 3 rings (SSSR count). The number of aromatic nitrogens is 1. The zero-order valence-corrected chi connectivity index (χ0v) is 16.9. The SMILES string of the molecule is CC(=O)NCc1ccc(C(=O)NCCc2ccc(-c3csc(C)n3)s2)s1. The maximum atomic E-state index is 12.2. The largest absolute Gasteiger partial charge is 0.351 e. The van der Waals surface area contributed by atoms with E-state index >= 15 is 0 Å². The van der Waals surface area contributed by atoms with Gasteiger partial charge in [-0.05, 0) is 37.6 Å². The molecule has 136 valence electrons. The molecule has 0 radical (unpaired) electrons. The van der Waals surface area contributed by atoms with Crippen LogP contribution in [-0.4, -0.2) is 23.3 Å². The molecule has 0 saturated carbocycles. The van der Waals surface area contributed by atoms with Gasteiger partial charge in [-0.1, -0.05) is 0 Å². The summed E-state index contributed by atoms with van der Waals surface area (Å²) in [7, 11) is 0. The zero-order valence-electron chi connectivity index (χ0n) is 14.5. The minimum absolute atomic E-state index is 0.0732. The quantitative estimate of drug-likeness (QED) is 0.627. The van der Waals surface area contributed by atoms with Crippen LogP contribution in [-0.2, 0) is 17.8 Å². The minimum Gasteiger partial charge on any atom is -0.351 e. The molecule has 2 amide bonds. The summed E-state index contributed by atoms with van der Waals surface area (Å²) < 4.78 is 0. The van der Waals surface area contributed by atoms with Gasteiger partial charge in [-0.25, -0.2) is 4.98 Å². The third kappa shape index (κ3) is 5.00.